The van der Waals surface area contributed by atoms with Crippen LogP contribution in [0, 0.1) is 6.92 Å². The van der Waals surface area contributed by atoms with Crippen LogP contribution in [-0.2, 0) is 16.1 Å². The SMILES string of the molecule is Cc1c(Cl)c(COC(=O)CNC(=O)c2cccs2)nc2ccccc12. The molecule has 0 saturated carbocycles. The van der Waals surface area contributed by atoms with Crippen molar-refractivity contribution in [2.45, 2.75) is 13.5 Å². The lowest BCUT2D eigenvalue weighted by atomic mass is 10.1. The molecule has 0 aliphatic heterocycles. The average Bonchev–Trinajstić information content (AvgIpc) is 3.16. The summed E-state index contributed by atoms with van der Waals surface area (Å²) in [6, 6.07) is 11.1. The number of thiophene rings is 1. The van der Waals surface area contributed by atoms with E-state index >= 15 is 0 Å². The molecule has 0 spiro atoms. The van der Waals surface area contributed by atoms with Gasteiger partial charge in [0.15, 0.2) is 0 Å². The molecule has 3 rings (SSSR count). The van der Waals surface area contributed by atoms with Gasteiger partial charge in [0, 0.05) is 5.39 Å². The summed E-state index contributed by atoms with van der Waals surface area (Å²) in [6.45, 7) is 1.65. The Bertz CT molecular complexity index is 925. The van der Waals surface area contributed by atoms with Crippen LogP contribution in [0.3, 0.4) is 0 Å². The van der Waals surface area contributed by atoms with Crippen LogP contribution in [0.25, 0.3) is 10.9 Å². The van der Waals surface area contributed by atoms with E-state index in [1.807, 2.05) is 31.2 Å². The number of hydrogen-bond donors (Lipinski definition) is 1. The van der Waals surface area contributed by atoms with E-state index in [1.54, 1.807) is 17.5 Å². The first-order valence-electron chi connectivity index (χ1n) is 7.57. The number of esters is 1. The third-order valence-corrected chi connectivity index (χ3v) is 5.02. The quantitative estimate of drug-likeness (QED) is 0.691. The topological polar surface area (TPSA) is 68.3 Å². The Kier molecular flexibility index (Phi) is 5.31. The molecule has 0 fully saturated rings. The van der Waals surface area contributed by atoms with Crippen LogP contribution in [0.5, 0.6) is 0 Å². The van der Waals surface area contributed by atoms with Gasteiger partial charge in [-0.25, -0.2) is 4.98 Å². The molecular weight excluding hydrogens is 360 g/mol. The van der Waals surface area contributed by atoms with Gasteiger partial charge in [0.1, 0.15) is 13.2 Å². The van der Waals surface area contributed by atoms with Crippen LogP contribution in [0.2, 0.25) is 5.02 Å². The number of ether oxygens (including phenoxy) is 1. The molecule has 0 atom stereocenters. The van der Waals surface area contributed by atoms with E-state index in [1.165, 1.54) is 11.3 Å². The molecule has 0 aliphatic rings. The van der Waals surface area contributed by atoms with Gasteiger partial charge >= 0.3 is 5.97 Å². The largest absolute Gasteiger partial charge is 0.458 e. The summed E-state index contributed by atoms with van der Waals surface area (Å²) in [5.74, 6) is -0.849. The Morgan fingerprint density at radius 3 is 2.80 bits per heavy atom. The zero-order valence-electron chi connectivity index (χ0n) is 13.4. The second-order valence-electron chi connectivity index (χ2n) is 5.34. The highest BCUT2D eigenvalue weighted by Crippen LogP contribution is 2.27. The van der Waals surface area contributed by atoms with Crippen LogP contribution < -0.4 is 5.32 Å². The van der Waals surface area contributed by atoms with E-state index in [0.29, 0.717) is 15.6 Å². The van der Waals surface area contributed by atoms with E-state index in [-0.39, 0.29) is 19.1 Å². The standard InChI is InChI=1S/C18H15ClN2O3S/c1-11-12-5-2-3-6-13(12)21-14(17(11)19)10-24-16(22)9-20-18(23)15-7-4-8-25-15/h2-8H,9-10H2,1H3,(H,20,23). The van der Waals surface area contributed by atoms with Crippen molar-refractivity contribution in [3.05, 3.63) is 62.9 Å². The molecule has 25 heavy (non-hydrogen) atoms. The Hall–Kier alpha value is -2.44. The fraction of sp³-hybridized carbons (Fsp3) is 0.167. The number of nitrogens with zero attached hydrogens (tertiary/aromatic N) is 1. The summed E-state index contributed by atoms with van der Waals surface area (Å²) in [5.41, 5.74) is 2.18. The second-order valence-corrected chi connectivity index (χ2v) is 6.66. The van der Waals surface area contributed by atoms with Crippen LogP contribution in [0.4, 0.5) is 0 Å². The molecule has 0 aliphatic carbocycles. The number of nitrogens with one attached hydrogen (secondary N) is 1. The highest BCUT2D eigenvalue weighted by molar-refractivity contribution is 7.12. The summed E-state index contributed by atoms with van der Waals surface area (Å²) in [5, 5.41) is 5.76. The maximum absolute atomic E-state index is 11.8. The summed E-state index contributed by atoms with van der Waals surface area (Å²) in [6.07, 6.45) is 0. The van der Waals surface area contributed by atoms with E-state index < -0.39 is 5.97 Å². The zero-order valence-corrected chi connectivity index (χ0v) is 15.0. The predicted octanol–water partition coefficient (Wildman–Crippen LogP) is 3.73. The van der Waals surface area contributed by atoms with Crippen molar-refractivity contribution in [1.82, 2.24) is 10.3 Å². The van der Waals surface area contributed by atoms with Crippen molar-refractivity contribution in [2.24, 2.45) is 0 Å². The highest BCUT2D eigenvalue weighted by atomic mass is 35.5. The van der Waals surface area contributed by atoms with Crippen LogP contribution >= 0.6 is 22.9 Å². The molecule has 128 valence electrons. The number of halogens is 1. The third-order valence-electron chi connectivity index (χ3n) is 3.65. The Balaban J connectivity index is 1.61. The summed E-state index contributed by atoms with van der Waals surface area (Å²) in [4.78, 5) is 28.6. The van der Waals surface area contributed by atoms with Gasteiger partial charge in [0.2, 0.25) is 0 Å². The minimum atomic E-state index is -0.548. The lowest BCUT2D eigenvalue weighted by Crippen LogP contribution is -2.30. The maximum Gasteiger partial charge on any atom is 0.325 e. The lowest BCUT2D eigenvalue weighted by molar-refractivity contribution is -0.143. The highest BCUT2D eigenvalue weighted by Gasteiger charge is 2.13. The number of pyridine rings is 1. The number of hydrogen-bond acceptors (Lipinski definition) is 5. The first kappa shape index (κ1) is 17.4. The third kappa shape index (κ3) is 3.97. The number of fused-ring (bicyclic) bond motifs is 1. The molecule has 7 heteroatoms. The normalized spacial score (nSPS) is 10.6. The Morgan fingerprint density at radius 1 is 1.24 bits per heavy atom. The number of para-hydroxylation sites is 1. The number of carbonyl (C=O) groups is 2. The van der Waals surface area contributed by atoms with E-state index in [4.69, 9.17) is 16.3 Å². The molecule has 1 N–H and O–H groups in total. The Morgan fingerprint density at radius 2 is 2.04 bits per heavy atom. The molecule has 0 bridgehead atoms. The molecule has 2 heterocycles. The number of aryl methyl sites for hydroxylation is 1. The fourth-order valence-corrected chi connectivity index (χ4v) is 3.20. The van der Waals surface area contributed by atoms with Gasteiger partial charge in [0.25, 0.3) is 5.91 Å². The van der Waals surface area contributed by atoms with Crippen LogP contribution in [0.15, 0.2) is 41.8 Å². The molecule has 5 nitrogen and oxygen atoms in total. The number of benzene rings is 1. The number of amides is 1. The van der Waals surface area contributed by atoms with Gasteiger partial charge in [-0.3, -0.25) is 9.59 Å². The van der Waals surface area contributed by atoms with Gasteiger partial charge in [-0.15, -0.1) is 11.3 Å². The summed E-state index contributed by atoms with van der Waals surface area (Å²) >= 11 is 7.63. The van der Waals surface area contributed by atoms with Crippen molar-refractivity contribution < 1.29 is 14.3 Å². The van der Waals surface area contributed by atoms with Gasteiger partial charge in [-0.1, -0.05) is 35.9 Å². The average molecular weight is 375 g/mol. The maximum atomic E-state index is 11.8. The summed E-state index contributed by atoms with van der Waals surface area (Å²) < 4.78 is 5.18. The smallest absolute Gasteiger partial charge is 0.325 e. The number of aromatic nitrogens is 1. The van der Waals surface area contributed by atoms with Crippen molar-refractivity contribution in [1.29, 1.82) is 0 Å². The van der Waals surface area contributed by atoms with Crippen molar-refractivity contribution >= 4 is 45.7 Å². The van der Waals surface area contributed by atoms with Gasteiger partial charge < -0.3 is 10.1 Å². The first-order valence-corrected chi connectivity index (χ1v) is 8.83. The zero-order chi connectivity index (χ0) is 17.8. The number of carbonyl (C=O) groups excluding carboxylic acids is 2. The van der Waals surface area contributed by atoms with Gasteiger partial charge in [-0.2, -0.15) is 0 Å². The molecule has 2 aromatic heterocycles. The molecule has 1 amide bonds. The Labute approximate surface area is 153 Å². The van der Waals surface area contributed by atoms with Crippen molar-refractivity contribution in [3.63, 3.8) is 0 Å². The number of rotatable bonds is 5. The monoisotopic (exact) mass is 374 g/mol. The first-order chi connectivity index (χ1) is 12.1. The minimum absolute atomic E-state index is 0.0434. The van der Waals surface area contributed by atoms with Crippen molar-refractivity contribution in [3.8, 4) is 0 Å². The van der Waals surface area contributed by atoms with Gasteiger partial charge in [-0.05, 0) is 30.0 Å². The van der Waals surface area contributed by atoms with E-state index in [0.717, 1.165) is 16.5 Å². The summed E-state index contributed by atoms with van der Waals surface area (Å²) in [7, 11) is 0. The molecule has 3 aromatic rings. The van der Waals surface area contributed by atoms with Crippen molar-refractivity contribution in [2.75, 3.05) is 6.54 Å². The second kappa shape index (κ2) is 7.63. The molecule has 1 aromatic carbocycles. The minimum Gasteiger partial charge on any atom is -0.458 e. The predicted molar refractivity (Wildman–Crippen MR) is 97.9 cm³/mol. The fourth-order valence-electron chi connectivity index (χ4n) is 2.36. The van der Waals surface area contributed by atoms with Crippen LogP contribution in [-0.4, -0.2) is 23.4 Å². The van der Waals surface area contributed by atoms with Crippen LogP contribution in [0.1, 0.15) is 20.9 Å². The lowest BCUT2D eigenvalue weighted by Gasteiger charge is -2.11. The van der Waals surface area contributed by atoms with E-state index in [2.05, 4.69) is 10.3 Å². The van der Waals surface area contributed by atoms with Gasteiger partial charge in [0.05, 0.1) is 21.1 Å². The van der Waals surface area contributed by atoms with E-state index in [9.17, 15) is 9.59 Å². The molecule has 0 saturated heterocycles. The molecule has 0 unspecified atom stereocenters. The molecule has 0 radical (unpaired) electrons. The molecular formula is C18H15ClN2O3S.